The fourth-order valence-corrected chi connectivity index (χ4v) is 3.44. The third kappa shape index (κ3) is 3.31. The molecular formula is C18H14N4O3S. The van der Waals surface area contributed by atoms with E-state index in [0.29, 0.717) is 11.1 Å². The van der Waals surface area contributed by atoms with E-state index in [-0.39, 0.29) is 17.2 Å². The summed E-state index contributed by atoms with van der Waals surface area (Å²) >= 11 is 1.32. The van der Waals surface area contributed by atoms with Crippen LogP contribution in [0.15, 0.2) is 64.0 Å². The van der Waals surface area contributed by atoms with E-state index in [2.05, 4.69) is 20.5 Å². The van der Waals surface area contributed by atoms with Crippen LogP contribution >= 0.6 is 11.8 Å². The Labute approximate surface area is 153 Å². The standard InChI is InChI=1S/C18H14N4O3S/c1-24-13-9-7-12(8-10-13)16-21-22-17(25-16)20-18-19-15(23)14(26-18)11-5-3-2-4-6-11/h2-10,14H,1H3,(H,19,20,22,23). The first-order valence-corrected chi connectivity index (χ1v) is 8.70. The summed E-state index contributed by atoms with van der Waals surface area (Å²) in [5, 5.41) is 10.8. The summed E-state index contributed by atoms with van der Waals surface area (Å²) < 4.78 is 10.7. The lowest BCUT2D eigenvalue weighted by molar-refractivity contribution is -0.118. The molecule has 8 heteroatoms. The molecule has 3 aromatic rings. The van der Waals surface area contributed by atoms with Gasteiger partial charge in [0.25, 0.3) is 0 Å². The summed E-state index contributed by atoms with van der Waals surface area (Å²) in [6.07, 6.45) is 0. The fraction of sp³-hybridized carbons (Fsp3) is 0.111. The van der Waals surface area contributed by atoms with E-state index in [1.54, 1.807) is 7.11 Å². The predicted molar refractivity (Wildman–Crippen MR) is 98.3 cm³/mol. The molecule has 1 N–H and O–H groups in total. The van der Waals surface area contributed by atoms with Gasteiger partial charge in [-0.25, -0.2) is 0 Å². The fourth-order valence-electron chi connectivity index (χ4n) is 2.46. The number of amides is 1. The van der Waals surface area contributed by atoms with Crippen LogP contribution in [-0.4, -0.2) is 28.4 Å². The van der Waals surface area contributed by atoms with Gasteiger partial charge in [-0.3, -0.25) is 4.79 Å². The number of hydrogen-bond acceptors (Lipinski definition) is 7. The Morgan fingerprint density at radius 1 is 1.12 bits per heavy atom. The molecule has 1 aliphatic heterocycles. The van der Waals surface area contributed by atoms with Crippen LogP contribution in [0.1, 0.15) is 10.8 Å². The summed E-state index contributed by atoms with van der Waals surface area (Å²) in [6.45, 7) is 0. The van der Waals surface area contributed by atoms with Crippen molar-refractivity contribution < 1.29 is 13.9 Å². The average molecular weight is 366 g/mol. The molecule has 0 spiro atoms. The van der Waals surface area contributed by atoms with Crippen LogP contribution in [-0.2, 0) is 4.79 Å². The van der Waals surface area contributed by atoms with Crippen LogP contribution in [0.4, 0.5) is 6.01 Å². The maximum atomic E-state index is 12.2. The summed E-state index contributed by atoms with van der Waals surface area (Å²) in [4.78, 5) is 16.4. The van der Waals surface area contributed by atoms with E-state index in [4.69, 9.17) is 9.15 Å². The maximum Gasteiger partial charge on any atom is 0.345 e. The zero-order valence-electron chi connectivity index (χ0n) is 13.7. The van der Waals surface area contributed by atoms with Crippen LogP contribution < -0.4 is 10.1 Å². The van der Waals surface area contributed by atoms with E-state index in [1.807, 2.05) is 54.6 Å². The maximum absolute atomic E-state index is 12.2. The van der Waals surface area contributed by atoms with Gasteiger partial charge < -0.3 is 14.5 Å². The van der Waals surface area contributed by atoms with Crippen molar-refractivity contribution in [1.29, 1.82) is 0 Å². The normalized spacial score (nSPS) is 18.1. The number of nitrogens with one attached hydrogen (secondary N) is 1. The van der Waals surface area contributed by atoms with Gasteiger partial charge in [-0.05, 0) is 29.8 Å². The van der Waals surface area contributed by atoms with Crippen LogP contribution in [0, 0.1) is 0 Å². The van der Waals surface area contributed by atoms with E-state index < -0.39 is 0 Å². The molecule has 0 saturated carbocycles. The van der Waals surface area contributed by atoms with Crippen molar-refractivity contribution in [2.24, 2.45) is 4.99 Å². The van der Waals surface area contributed by atoms with Gasteiger partial charge in [-0.15, -0.1) is 5.10 Å². The molecule has 1 unspecified atom stereocenters. The number of benzene rings is 2. The third-order valence-electron chi connectivity index (χ3n) is 3.75. The topological polar surface area (TPSA) is 89.6 Å². The molecular weight excluding hydrogens is 352 g/mol. The molecule has 1 fully saturated rings. The van der Waals surface area contributed by atoms with Gasteiger partial charge in [0.1, 0.15) is 11.0 Å². The lowest BCUT2D eigenvalue weighted by Crippen LogP contribution is -2.21. The second kappa shape index (κ2) is 7.01. The van der Waals surface area contributed by atoms with Crippen molar-refractivity contribution in [1.82, 2.24) is 15.5 Å². The smallest absolute Gasteiger partial charge is 0.345 e. The number of carbonyl (C=O) groups excluding carboxylic acids is 1. The molecule has 0 radical (unpaired) electrons. The molecule has 0 bridgehead atoms. The number of nitrogens with zero attached hydrogens (tertiary/aromatic N) is 3. The molecule has 1 amide bonds. The molecule has 1 aromatic heterocycles. The first-order valence-electron chi connectivity index (χ1n) is 7.82. The highest BCUT2D eigenvalue weighted by Gasteiger charge is 2.31. The molecule has 130 valence electrons. The van der Waals surface area contributed by atoms with Crippen molar-refractivity contribution in [2.75, 3.05) is 7.11 Å². The number of carbonyl (C=O) groups is 1. The molecule has 1 aliphatic rings. The summed E-state index contributed by atoms with van der Waals surface area (Å²) in [5.74, 6) is 0.974. The Balaban J connectivity index is 1.52. The van der Waals surface area contributed by atoms with Crippen LogP contribution in [0.3, 0.4) is 0 Å². The number of hydrogen-bond donors (Lipinski definition) is 1. The minimum atomic E-state index is -0.334. The molecule has 1 saturated heterocycles. The Morgan fingerprint density at radius 3 is 2.62 bits per heavy atom. The number of amidine groups is 1. The Bertz CT molecular complexity index is 954. The monoisotopic (exact) mass is 366 g/mol. The number of thioether (sulfide) groups is 1. The molecule has 4 rings (SSSR count). The van der Waals surface area contributed by atoms with Gasteiger partial charge in [0, 0.05) is 5.56 Å². The molecule has 2 heterocycles. The Hall–Kier alpha value is -3.13. The van der Waals surface area contributed by atoms with Crippen LogP contribution in [0.5, 0.6) is 5.75 Å². The molecule has 1 atom stereocenters. The van der Waals surface area contributed by atoms with Gasteiger partial charge in [0.2, 0.25) is 11.8 Å². The number of aliphatic imine (C=N–C) groups is 1. The zero-order valence-corrected chi connectivity index (χ0v) is 14.6. The summed E-state index contributed by atoms with van der Waals surface area (Å²) in [7, 11) is 1.60. The number of rotatable bonds is 4. The lowest BCUT2D eigenvalue weighted by Gasteiger charge is -2.03. The van der Waals surface area contributed by atoms with Gasteiger partial charge in [-0.1, -0.05) is 47.2 Å². The van der Waals surface area contributed by atoms with Crippen molar-refractivity contribution in [3.8, 4) is 17.2 Å². The SMILES string of the molecule is COc1ccc(-c2nnc(/N=C3\NC(=O)C(c4ccccc4)S3)o2)cc1. The molecule has 7 nitrogen and oxygen atoms in total. The molecule has 26 heavy (non-hydrogen) atoms. The summed E-state index contributed by atoms with van der Waals surface area (Å²) in [5.41, 5.74) is 1.68. The number of ether oxygens (including phenoxy) is 1. The zero-order chi connectivity index (χ0) is 17.9. The van der Waals surface area contributed by atoms with E-state index in [1.165, 1.54) is 11.8 Å². The van der Waals surface area contributed by atoms with Gasteiger partial charge >= 0.3 is 6.01 Å². The van der Waals surface area contributed by atoms with Gasteiger partial charge in [-0.2, -0.15) is 4.99 Å². The highest BCUT2D eigenvalue weighted by molar-refractivity contribution is 8.15. The number of methoxy groups -OCH3 is 1. The van der Waals surface area contributed by atoms with Crippen molar-refractivity contribution in [3.05, 3.63) is 60.2 Å². The van der Waals surface area contributed by atoms with Crippen LogP contribution in [0.25, 0.3) is 11.5 Å². The minimum absolute atomic E-state index is 0.0901. The Kier molecular flexibility index (Phi) is 4.40. The van der Waals surface area contributed by atoms with Crippen molar-refractivity contribution in [2.45, 2.75) is 5.25 Å². The van der Waals surface area contributed by atoms with E-state index >= 15 is 0 Å². The van der Waals surface area contributed by atoms with Gasteiger partial charge in [0.05, 0.1) is 7.11 Å². The molecule has 0 aliphatic carbocycles. The second-order valence-electron chi connectivity index (χ2n) is 5.43. The van der Waals surface area contributed by atoms with Crippen molar-refractivity contribution >= 4 is 28.9 Å². The lowest BCUT2D eigenvalue weighted by atomic mass is 10.1. The largest absolute Gasteiger partial charge is 0.497 e. The first-order chi connectivity index (χ1) is 12.7. The predicted octanol–water partition coefficient (Wildman–Crippen LogP) is 3.34. The van der Waals surface area contributed by atoms with E-state index in [0.717, 1.165) is 16.9 Å². The first kappa shape index (κ1) is 16.3. The summed E-state index contributed by atoms with van der Waals surface area (Å²) in [6, 6.07) is 16.9. The highest BCUT2D eigenvalue weighted by atomic mass is 32.2. The quantitative estimate of drug-likeness (QED) is 0.762. The Morgan fingerprint density at radius 2 is 1.88 bits per heavy atom. The number of aromatic nitrogens is 2. The third-order valence-corrected chi connectivity index (χ3v) is 4.89. The average Bonchev–Trinajstić information content (AvgIpc) is 3.29. The molecule has 2 aromatic carbocycles. The van der Waals surface area contributed by atoms with E-state index in [9.17, 15) is 4.79 Å². The van der Waals surface area contributed by atoms with Crippen LogP contribution in [0.2, 0.25) is 0 Å². The second-order valence-corrected chi connectivity index (χ2v) is 6.53. The minimum Gasteiger partial charge on any atom is -0.497 e. The van der Waals surface area contributed by atoms with Gasteiger partial charge in [0.15, 0.2) is 5.17 Å². The highest BCUT2D eigenvalue weighted by Crippen LogP contribution is 2.35. The van der Waals surface area contributed by atoms with Crippen molar-refractivity contribution in [3.63, 3.8) is 0 Å².